The molecule has 0 aromatic carbocycles. The number of rotatable bonds is 3. The topological polar surface area (TPSA) is 58.2 Å². The van der Waals surface area contributed by atoms with Crippen molar-refractivity contribution in [1.29, 1.82) is 0 Å². The van der Waals surface area contributed by atoms with Gasteiger partial charge in [0.15, 0.2) is 0 Å². The predicted molar refractivity (Wildman–Crippen MR) is 75.3 cm³/mol. The molecule has 110 valence electrons. The summed E-state index contributed by atoms with van der Waals surface area (Å²) in [5, 5.41) is 7.06. The number of carbonyl (C=O) groups is 1. The molecule has 0 bridgehead atoms. The third-order valence-electron chi connectivity index (χ3n) is 4.53. The molecule has 0 spiro atoms. The van der Waals surface area contributed by atoms with Crippen LogP contribution in [-0.4, -0.2) is 47.3 Å². The van der Waals surface area contributed by atoms with Crippen molar-refractivity contribution in [3.63, 3.8) is 0 Å². The summed E-state index contributed by atoms with van der Waals surface area (Å²) in [6.07, 6.45) is 6.77. The van der Waals surface area contributed by atoms with Crippen LogP contribution in [0.25, 0.3) is 0 Å². The number of likely N-dealkylation sites (tertiary alicyclic amines) is 1. The molecule has 2 aliphatic rings. The number of piperidine rings is 1. The van der Waals surface area contributed by atoms with Crippen molar-refractivity contribution in [2.24, 2.45) is 5.92 Å². The Kier molecular flexibility index (Phi) is 4.35. The fraction of sp³-hybridized carbons (Fsp3) is 0.733. The first-order valence-electron chi connectivity index (χ1n) is 7.67. The van der Waals surface area contributed by atoms with Crippen LogP contribution in [0.1, 0.15) is 43.7 Å². The van der Waals surface area contributed by atoms with Gasteiger partial charge in [-0.15, -0.1) is 0 Å². The van der Waals surface area contributed by atoms with E-state index in [-0.39, 0.29) is 0 Å². The Morgan fingerprint density at radius 3 is 2.90 bits per heavy atom. The molecule has 2 saturated heterocycles. The number of hydrogen-bond donors (Lipinski definition) is 1. The standard InChI is InChI=1S/C15H23N3O2/c19-15(10-12-2-1-9-20-11-12)18-7-4-13(5-8-18)14-3-6-16-17-14/h3,6,12-13H,1-2,4-5,7-11H2,(H,16,17)/t12-/m1/s1. The van der Waals surface area contributed by atoms with Crippen molar-refractivity contribution >= 4 is 5.91 Å². The predicted octanol–water partition coefficient (Wildman–Crippen LogP) is 1.93. The normalized spacial score (nSPS) is 24.8. The van der Waals surface area contributed by atoms with E-state index in [2.05, 4.69) is 10.2 Å². The van der Waals surface area contributed by atoms with Gasteiger partial charge in [-0.1, -0.05) is 0 Å². The largest absolute Gasteiger partial charge is 0.381 e. The maximum atomic E-state index is 12.3. The molecule has 1 aromatic rings. The van der Waals surface area contributed by atoms with Crippen molar-refractivity contribution in [3.8, 4) is 0 Å². The molecule has 0 unspecified atom stereocenters. The summed E-state index contributed by atoms with van der Waals surface area (Å²) < 4.78 is 5.45. The van der Waals surface area contributed by atoms with Gasteiger partial charge in [0.05, 0.1) is 0 Å². The first-order chi connectivity index (χ1) is 9.83. The zero-order chi connectivity index (χ0) is 13.8. The molecule has 20 heavy (non-hydrogen) atoms. The molecule has 1 atom stereocenters. The van der Waals surface area contributed by atoms with E-state index in [1.165, 1.54) is 5.69 Å². The van der Waals surface area contributed by atoms with E-state index in [0.29, 0.717) is 24.2 Å². The number of nitrogens with one attached hydrogen (secondary N) is 1. The number of amides is 1. The Morgan fingerprint density at radius 2 is 2.25 bits per heavy atom. The summed E-state index contributed by atoms with van der Waals surface area (Å²) in [5.74, 6) is 1.27. The number of hydrogen-bond acceptors (Lipinski definition) is 3. The maximum absolute atomic E-state index is 12.3. The SMILES string of the molecule is O=C(C[C@H]1CCCOC1)N1CCC(c2ccn[nH]2)CC1. The van der Waals surface area contributed by atoms with Crippen molar-refractivity contribution in [2.75, 3.05) is 26.3 Å². The number of carbonyl (C=O) groups excluding carboxylic acids is 1. The zero-order valence-electron chi connectivity index (χ0n) is 11.9. The fourth-order valence-electron chi connectivity index (χ4n) is 3.28. The molecular formula is C15H23N3O2. The van der Waals surface area contributed by atoms with Crippen molar-refractivity contribution in [3.05, 3.63) is 18.0 Å². The molecule has 5 nitrogen and oxygen atoms in total. The van der Waals surface area contributed by atoms with Crippen LogP contribution in [0.5, 0.6) is 0 Å². The lowest BCUT2D eigenvalue weighted by Crippen LogP contribution is -2.39. The second kappa shape index (κ2) is 6.39. The van der Waals surface area contributed by atoms with Crippen molar-refractivity contribution < 1.29 is 9.53 Å². The first-order valence-corrected chi connectivity index (χ1v) is 7.67. The molecule has 3 heterocycles. The minimum atomic E-state index is 0.309. The highest BCUT2D eigenvalue weighted by atomic mass is 16.5. The summed E-state index contributed by atoms with van der Waals surface area (Å²) in [5.41, 5.74) is 1.21. The molecule has 1 amide bonds. The minimum Gasteiger partial charge on any atom is -0.381 e. The number of H-pyrrole nitrogens is 1. The van der Waals surface area contributed by atoms with Crippen molar-refractivity contribution in [2.45, 2.75) is 38.0 Å². The lowest BCUT2D eigenvalue weighted by Gasteiger charge is -2.33. The lowest BCUT2D eigenvalue weighted by molar-refractivity contribution is -0.134. The number of ether oxygens (including phenoxy) is 1. The summed E-state index contributed by atoms with van der Waals surface area (Å²) in [6.45, 7) is 3.36. The van der Waals surface area contributed by atoms with Crippen LogP contribution in [0.2, 0.25) is 0 Å². The summed E-state index contributed by atoms with van der Waals surface area (Å²) in [7, 11) is 0. The molecule has 2 fully saturated rings. The van der Waals surface area contributed by atoms with Crippen LogP contribution >= 0.6 is 0 Å². The van der Waals surface area contributed by atoms with Gasteiger partial charge < -0.3 is 9.64 Å². The van der Waals surface area contributed by atoms with Gasteiger partial charge in [0.2, 0.25) is 5.91 Å². The molecular weight excluding hydrogens is 254 g/mol. The quantitative estimate of drug-likeness (QED) is 0.918. The molecule has 1 aromatic heterocycles. The van der Waals surface area contributed by atoms with Crippen LogP contribution < -0.4 is 0 Å². The van der Waals surface area contributed by atoms with Gasteiger partial charge >= 0.3 is 0 Å². The highest BCUT2D eigenvalue weighted by Gasteiger charge is 2.26. The molecule has 0 radical (unpaired) electrons. The summed E-state index contributed by atoms with van der Waals surface area (Å²) in [6, 6.07) is 2.04. The van der Waals surface area contributed by atoms with E-state index in [0.717, 1.165) is 52.0 Å². The van der Waals surface area contributed by atoms with Crippen LogP contribution in [0.3, 0.4) is 0 Å². The van der Waals surface area contributed by atoms with Gasteiger partial charge in [-0.05, 0) is 37.7 Å². The number of aromatic nitrogens is 2. The molecule has 1 N–H and O–H groups in total. The van der Waals surface area contributed by atoms with Crippen LogP contribution in [0.15, 0.2) is 12.3 Å². The van der Waals surface area contributed by atoms with E-state index in [1.807, 2.05) is 11.0 Å². The average Bonchev–Trinajstić information content (AvgIpc) is 3.03. The highest BCUT2D eigenvalue weighted by molar-refractivity contribution is 5.76. The van der Waals surface area contributed by atoms with Gasteiger partial charge in [-0.2, -0.15) is 5.10 Å². The lowest BCUT2D eigenvalue weighted by atomic mass is 9.92. The fourth-order valence-corrected chi connectivity index (χ4v) is 3.28. The Balaban J connectivity index is 1.46. The number of nitrogens with zero attached hydrogens (tertiary/aromatic N) is 2. The van der Waals surface area contributed by atoms with Gasteiger partial charge in [0.25, 0.3) is 0 Å². The Labute approximate surface area is 119 Å². The minimum absolute atomic E-state index is 0.309. The second-order valence-corrected chi connectivity index (χ2v) is 5.95. The van der Waals surface area contributed by atoms with E-state index in [1.54, 1.807) is 6.20 Å². The van der Waals surface area contributed by atoms with Gasteiger partial charge in [0, 0.05) is 50.5 Å². The molecule has 0 aliphatic carbocycles. The van der Waals surface area contributed by atoms with Gasteiger partial charge in [-0.3, -0.25) is 9.89 Å². The van der Waals surface area contributed by atoms with Gasteiger partial charge in [-0.25, -0.2) is 0 Å². The summed E-state index contributed by atoms with van der Waals surface area (Å²) >= 11 is 0. The van der Waals surface area contributed by atoms with Crippen LogP contribution in [0, 0.1) is 5.92 Å². The van der Waals surface area contributed by atoms with E-state index in [9.17, 15) is 4.79 Å². The Hall–Kier alpha value is -1.36. The average molecular weight is 277 g/mol. The first kappa shape index (κ1) is 13.6. The molecule has 3 rings (SSSR count). The Morgan fingerprint density at radius 1 is 1.40 bits per heavy atom. The van der Waals surface area contributed by atoms with E-state index >= 15 is 0 Å². The van der Waals surface area contributed by atoms with Gasteiger partial charge in [0.1, 0.15) is 0 Å². The van der Waals surface area contributed by atoms with E-state index in [4.69, 9.17) is 4.74 Å². The maximum Gasteiger partial charge on any atom is 0.222 e. The third kappa shape index (κ3) is 3.20. The zero-order valence-corrected chi connectivity index (χ0v) is 11.9. The molecule has 5 heteroatoms. The molecule has 0 saturated carbocycles. The van der Waals surface area contributed by atoms with E-state index < -0.39 is 0 Å². The number of aromatic amines is 1. The van der Waals surface area contributed by atoms with Crippen LogP contribution in [-0.2, 0) is 9.53 Å². The molecule has 2 aliphatic heterocycles. The highest BCUT2D eigenvalue weighted by Crippen LogP contribution is 2.27. The summed E-state index contributed by atoms with van der Waals surface area (Å²) in [4.78, 5) is 14.3. The monoisotopic (exact) mass is 277 g/mol. The third-order valence-corrected chi connectivity index (χ3v) is 4.53. The van der Waals surface area contributed by atoms with Crippen LogP contribution in [0.4, 0.5) is 0 Å². The Bertz CT molecular complexity index is 418. The van der Waals surface area contributed by atoms with Crippen molar-refractivity contribution in [1.82, 2.24) is 15.1 Å². The smallest absolute Gasteiger partial charge is 0.222 e. The second-order valence-electron chi connectivity index (χ2n) is 5.95.